The van der Waals surface area contributed by atoms with Gasteiger partial charge in [0, 0.05) is 3.57 Å². The maximum atomic E-state index is 10.7. The number of benzene rings is 1. The van der Waals surface area contributed by atoms with E-state index in [2.05, 4.69) is 0 Å². The molecular formula is C9H6INO2. The van der Waals surface area contributed by atoms with Crippen molar-refractivity contribution in [2.24, 2.45) is 0 Å². The third-order valence-corrected chi connectivity index (χ3v) is 3.13. The molecule has 0 atom stereocenters. The maximum absolute atomic E-state index is 10.7. The molecule has 0 aliphatic carbocycles. The highest BCUT2D eigenvalue weighted by Crippen LogP contribution is 2.20. The van der Waals surface area contributed by atoms with E-state index in [0.29, 0.717) is 9.13 Å². The van der Waals surface area contributed by atoms with Crippen molar-refractivity contribution in [3.63, 3.8) is 0 Å². The lowest BCUT2D eigenvalue weighted by Gasteiger charge is -2.03. The lowest BCUT2D eigenvalue weighted by molar-refractivity contribution is 0.0695. The van der Waals surface area contributed by atoms with Crippen LogP contribution >= 0.6 is 22.6 Å². The summed E-state index contributed by atoms with van der Waals surface area (Å²) in [4.78, 5) is 10.7. The molecule has 1 N–H and O–H groups in total. The summed E-state index contributed by atoms with van der Waals surface area (Å²) in [6.45, 7) is 1.74. The van der Waals surface area contributed by atoms with E-state index in [9.17, 15) is 4.79 Å². The van der Waals surface area contributed by atoms with Gasteiger partial charge < -0.3 is 5.11 Å². The highest BCUT2D eigenvalue weighted by atomic mass is 127. The molecule has 0 aliphatic rings. The molecule has 1 aromatic carbocycles. The number of aromatic carboxylic acids is 1. The van der Waals surface area contributed by atoms with Crippen molar-refractivity contribution in [2.75, 3.05) is 0 Å². The Morgan fingerprint density at radius 1 is 1.62 bits per heavy atom. The molecular weight excluding hydrogens is 281 g/mol. The molecule has 0 spiro atoms. The quantitative estimate of drug-likeness (QED) is 0.805. The zero-order valence-electron chi connectivity index (χ0n) is 6.84. The van der Waals surface area contributed by atoms with Gasteiger partial charge in [-0.2, -0.15) is 5.26 Å². The standard InChI is InChI=1S/C9H6INO2/c1-5-6(4-11)2-3-7(8(5)10)9(12)13/h2-3H,1H3,(H,12,13). The van der Waals surface area contributed by atoms with Crippen molar-refractivity contribution in [2.45, 2.75) is 6.92 Å². The van der Waals surface area contributed by atoms with Gasteiger partial charge in [-0.25, -0.2) is 4.79 Å². The third-order valence-electron chi connectivity index (χ3n) is 1.74. The second-order valence-electron chi connectivity index (χ2n) is 2.52. The summed E-state index contributed by atoms with van der Waals surface area (Å²) in [5.74, 6) is -0.961. The van der Waals surface area contributed by atoms with Crippen LogP contribution in [0, 0.1) is 21.8 Å². The largest absolute Gasteiger partial charge is 0.478 e. The average Bonchev–Trinajstić information content (AvgIpc) is 2.09. The van der Waals surface area contributed by atoms with Crippen LogP contribution in [0.5, 0.6) is 0 Å². The van der Waals surface area contributed by atoms with Gasteiger partial charge in [-0.1, -0.05) is 0 Å². The zero-order chi connectivity index (χ0) is 10.0. The fourth-order valence-corrected chi connectivity index (χ4v) is 1.67. The number of carbonyl (C=O) groups is 1. The van der Waals surface area contributed by atoms with Crippen LogP contribution in [0.15, 0.2) is 12.1 Å². The molecule has 0 amide bonds. The minimum atomic E-state index is -0.961. The van der Waals surface area contributed by atoms with E-state index >= 15 is 0 Å². The lowest BCUT2D eigenvalue weighted by Crippen LogP contribution is -2.02. The van der Waals surface area contributed by atoms with E-state index in [1.54, 1.807) is 6.92 Å². The van der Waals surface area contributed by atoms with Crippen LogP contribution in [0.4, 0.5) is 0 Å². The average molecular weight is 287 g/mol. The van der Waals surface area contributed by atoms with Crippen LogP contribution < -0.4 is 0 Å². The predicted octanol–water partition coefficient (Wildman–Crippen LogP) is 2.17. The molecule has 0 aromatic heterocycles. The normalized spacial score (nSPS) is 9.31. The number of halogens is 1. The highest BCUT2D eigenvalue weighted by molar-refractivity contribution is 14.1. The number of rotatable bonds is 1. The Balaban J connectivity index is 3.42. The van der Waals surface area contributed by atoms with Gasteiger partial charge in [0.1, 0.15) is 0 Å². The van der Waals surface area contributed by atoms with Crippen molar-refractivity contribution in [3.05, 3.63) is 32.4 Å². The molecule has 13 heavy (non-hydrogen) atoms. The van der Waals surface area contributed by atoms with E-state index in [4.69, 9.17) is 10.4 Å². The molecule has 0 saturated carbocycles. The Bertz CT molecular complexity index is 407. The highest BCUT2D eigenvalue weighted by Gasteiger charge is 2.12. The van der Waals surface area contributed by atoms with Gasteiger partial charge in [-0.15, -0.1) is 0 Å². The first-order valence-corrected chi connectivity index (χ1v) is 4.58. The van der Waals surface area contributed by atoms with Gasteiger partial charge in [-0.3, -0.25) is 0 Å². The molecule has 1 rings (SSSR count). The molecule has 0 unspecified atom stereocenters. The van der Waals surface area contributed by atoms with Crippen LogP contribution in [0.1, 0.15) is 21.5 Å². The van der Waals surface area contributed by atoms with Gasteiger partial charge >= 0.3 is 5.97 Å². The molecule has 1 aromatic rings. The summed E-state index contributed by atoms with van der Waals surface area (Å²) >= 11 is 1.94. The number of nitrogens with zero attached hydrogens (tertiary/aromatic N) is 1. The number of nitriles is 1. The number of hydrogen-bond acceptors (Lipinski definition) is 2. The predicted molar refractivity (Wildman–Crippen MR) is 55.6 cm³/mol. The minimum absolute atomic E-state index is 0.247. The lowest BCUT2D eigenvalue weighted by atomic mass is 10.1. The summed E-state index contributed by atoms with van der Waals surface area (Å²) in [7, 11) is 0. The topological polar surface area (TPSA) is 61.1 Å². The van der Waals surface area contributed by atoms with Gasteiger partial charge in [0.05, 0.1) is 17.2 Å². The Labute approximate surface area is 89.1 Å². The first kappa shape index (κ1) is 9.99. The SMILES string of the molecule is Cc1c(C#N)ccc(C(=O)O)c1I. The third kappa shape index (κ3) is 1.80. The molecule has 0 aliphatic heterocycles. The van der Waals surface area contributed by atoms with Crippen molar-refractivity contribution in [1.82, 2.24) is 0 Å². The van der Waals surface area contributed by atoms with Crippen molar-refractivity contribution in [1.29, 1.82) is 5.26 Å². The first-order valence-electron chi connectivity index (χ1n) is 3.50. The summed E-state index contributed by atoms with van der Waals surface area (Å²) < 4.78 is 0.629. The second-order valence-corrected chi connectivity index (χ2v) is 3.60. The summed E-state index contributed by atoms with van der Waals surface area (Å²) in [6.07, 6.45) is 0. The van der Waals surface area contributed by atoms with Crippen LogP contribution in [0.3, 0.4) is 0 Å². The molecule has 0 heterocycles. The second kappa shape index (κ2) is 3.75. The van der Waals surface area contributed by atoms with E-state index in [1.807, 2.05) is 28.7 Å². The van der Waals surface area contributed by atoms with Gasteiger partial charge in [-0.05, 0) is 47.2 Å². The first-order chi connectivity index (χ1) is 6.07. The fraction of sp³-hybridized carbons (Fsp3) is 0.111. The number of carboxylic acid groups (broad SMARTS) is 1. The fourth-order valence-electron chi connectivity index (χ4n) is 0.971. The molecule has 0 fully saturated rings. The minimum Gasteiger partial charge on any atom is -0.478 e. The molecule has 66 valence electrons. The van der Waals surface area contributed by atoms with Crippen molar-refractivity contribution < 1.29 is 9.90 Å². The number of carboxylic acids is 1. The molecule has 0 bridgehead atoms. The zero-order valence-corrected chi connectivity index (χ0v) is 8.99. The van der Waals surface area contributed by atoms with Crippen molar-refractivity contribution >= 4 is 28.6 Å². The van der Waals surface area contributed by atoms with E-state index in [-0.39, 0.29) is 5.56 Å². The Hall–Kier alpha value is -1.09. The van der Waals surface area contributed by atoms with Gasteiger partial charge in [0.15, 0.2) is 0 Å². The molecule has 3 nitrogen and oxygen atoms in total. The molecule has 4 heteroatoms. The van der Waals surface area contributed by atoms with Crippen LogP contribution in [0.2, 0.25) is 0 Å². The maximum Gasteiger partial charge on any atom is 0.336 e. The van der Waals surface area contributed by atoms with E-state index in [1.165, 1.54) is 12.1 Å². The Morgan fingerprint density at radius 2 is 2.23 bits per heavy atom. The summed E-state index contributed by atoms with van der Waals surface area (Å²) in [5.41, 5.74) is 1.49. The Morgan fingerprint density at radius 3 is 2.69 bits per heavy atom. The van der Waals surface area contributed by atoms with Crippen LogP contribution in [-0.2, 0) is 0 Å². The van der Waals surface area contributed by atoms with Crippen LogP contribution in [-0.4, -0.2) is 11.1 Å². The van der Waals surface area contributed by atoms with E-state index in [0.717, 1.165) is 5.56 Å². The van der Waals surface area contributed by atoms with Crippen molar-refractivity contribution in [3.8, 4) is 6.07 Å². The van der Waals surface area contributed by atoms with Crippen LogP contribution in [0.25, 0.3) is 0 Å². The Kier molecular flexibility index (Phi) is 2.88. The monoisotopic (exact) mass is 287 g/mol. The number of hydrogen-bond donors (Lipinski definition) is 1. The summed E-state index contributed by atoms with van der Waals surface area (Å²) in [5, 5.41) is 17.4. The summed E-state index contributed by atoms with van der Waals surface area (Å²) in [6, 6.07) is 4.99. The van der Waals surface area contributed by atoms with E-state index < -0.39 is 5.97 Å². The van der Waals surface area contributed by atoms with Gasteiger partial charge in [0.2, 0.25) is 0 Å². The molecule has 0 saturated heterocycles. The molecule has 0 radical (unpaired) electrons. The van der Waals surface area contributed by atoms with Gasteiger partial charge in [0.25, 0.3) is 0 Å². The smallest absolute Gasteiger partial charge is 0.336 e.